The second kappa shape index (κ2) is 7.97. The molecule has 2 aromatic heterocycles. The summed E-state index contributed by atoms with van der Waals surface area (Å²) in [6, 6.07) is 15.6. The highest BCUT2D eigenvalue weighted by molar-refractivity contribution is 7.12. The number of hydrogen-bond donors (Lipinski definition) is 0. The number of carbonyl (C=O) groups excluding carboxylic acids is 1. The van der Waals surface area contributed by atoms with Crippen molar-refractivity contribution < 1.29 is 18.3 Å². The topological polar surface area (TPSA) is 65.2 Å². The molecule has 0 aliphatic rings. The van der Waals surface area contributed by atoms with E-state index in [4.69, 9.17) is 9.15 Å². The number of esters is 1. The van der Waals surface area contributed by atoms with Gasteiger partial charge < -0.3 is 9.15 Å². The molecule has 0 aliphatic carbocycles. The molecule has 2 aromatic carbocycles. The van der Waals surface area contributed by atoms with Crippen LogP contribution in [0.5, 0.6) is 0 Å². The van der Waals surface area contributed by atoms with Gasteiger partial charge in [0.05, 0.1) is 0 Å². The van der Waals surface area contributed by atoms with Crippen molar-refractivity contribution >= 4 is 17.3 Å². The third kappa shape index (κ3) is 4.09. The first-order valence-electron chi connectivity index (χ1n) is 8.96. The summed E-state index contributed by atoms with van der Waals surface area (Å²) in [5, 5.41) is 9.77. The molecule has 29 heavy (non-hydrogen) atoms. The first-order valence-corrected chi connectivity index (χ1v) is 9.84. The molecule has 4 aromatic rings. The van der Waals surface area contributed by atoms with Gasteiger partial charge in [-0.05, 0) is 55.1 Å². The van der Waals surface area contributed by atoms with Crippen molar-refractivity contribution in [1.29, 1.82) is 0 Å². The van der Waals surface area contributed by atoms with E-state index in [1.54, 1.807) is 19.1 Å². The van der Waals surface area contributed by atoms with Gasteiger partial charge in [0.25, 0.3) is 5.89 Å². The molecule has 0 amide bonds. The molecule has 2 heterocycles. The van der Waals surface area contributed by atoms with E-state index < -0.39 is 12.1 Å². The van der Waals surface area contributed by atoms with Crippen molar-refractivity contribution in [2.24, 2.45) is 0 Å². The number of halogens is 1. The van der Waals surface area contributed by atoms with Crippen LogP contribution in [-0.2, 0) is 4.74 Å². The maximum atomic E-state index is 13.1. The highest BCUT2D eigenvalue weighted by Gasteiger charge is 2.23. The van der Waals surface area contributed by atoms with Crippen molar-refractivity contribution in [1.82, 2.24) is 10.2 Å². The Morgan fingerprint density at radius 3 is 2.45 bits per heavy atom. The lowest BCUT2D eigenvalue weighted by Gasteiger charge is -2.10. The predicted molar refractivity (Wildman–Crippen MR) is 108 cm³/mol. The maximum absolute atomic E-state index is 13.1. The SMILES string of the molecule is Cc1ccc(-c2ccsc2C(=O)O[C@H](C)c2nnc(-c3ccc(F)cc3)o2)cc1. The molecule has 0 saturated heterocycles. The van der Waals surface area contributed by atoms with E-state index in [1.165, 1.54) is 23.5 Å². The molecule has 0 N–H and O–H groups in total. The zero-order chi connectivity index (χ0) is 20.4. The summed E-state index contributed by atoms with van der Waals surface area (Å²) < 4.78 is 24.2. The van der Waals surface area contributed by atoms with Crippen LogP contribution in [0.1, 0.15) is 34.2 Å². The van der Waals surface area contributed by atoms with Crippen molar-refractivity contribution in [3.63, 3.8) is 0 Å². The molecular weight excluding hydrogens is 391 g/mol. The molecule has 7 heteroatoms. The Hall–Kier alpha value is -3.32. The Balaban J connectivity index is 1.50. The molecule has 0 unspecified atom stereocenters. The highest BCUT2D eigenvalue weighted by atomic mass is 32.1. The summed E-state index contributed by atoms with van der Waals surface area (Å²) in [6.07, 6.45) is -0.725. The van der Waals surface area contributed by atoms with Crippen molar-refractivity contribution in [3.8, 4) is 22.6 Å². The van der Waals surface area contributed by atoms with Gasteiger partial charge in [-0.3, -0.25) is 0 Å². The largest absolute Gasteiger partial charge is 0.448 e. The van der Waals surface area contributed by atoms with E-state index in [2.05, 4.69) is 10.2 Å². The standard InChI is InChI=1S/C22H17FN2O3S/c1-13-3-5-15(6-4-13)18-11-12-29-19(18)22(26)27-14(2)20-24-25-21(28-20)16-7-9-17(23)10-8-16/h3-12,14H,1-2H3/t14-/m1/s1. The molecular formula is C22H17FN2O3S. The summed E-state index contributed by atoms with van der Waals surface area (Å²) in [6.45, 7) is 3.68. The number of rotatable bonds is 5. The van der Waals surface area contributed by atoms with Gasteiger partial charge in [-0.2, -0.15) is 0 Å². The van der Waals surface area contributed by atoms with Gasteiger partial charge in [0.1, 0.15) is 10.7 Å². The molecule has 1 atom stereocenters. The molecule has 4 rings (SSSR count). The van der Waals surface area contributed by atoms with E-state index in [0.29, 0.717) is 10.4 Å². The molecule has 0 aliphatic heterocycles. The van der Waals surface area contributed by atoms with Gasteiger partial charge in [0.15, 0.2) is 6.10 Å². The monoisotopic (exact) mass is 408 g/mol. The van der Waals surface area contributed by atoms with Gasteiger partial charge in [0.2, 0.25) is 5.89 Å². The normalized spacial score (nSPS) is 12.0. The number of hydrogen-bond acceptors (Lipinski definition) is 6. The van der Waals surface area contributed by atoms with E-state index >= 15 is 0 Å². The van der Waals surface area contributed by atoms with Crippen LogP contribution in [0.4, 0.5) is 4.39 Å². The number of ether oxygens (including phenoxy) is 1. The fraction of sp³-hybridized carbons (Fsp3) is 0.136. The first-order chi connectivity index (χ1) is 14.0. The van der Waals surface area contributed by atoms with Crippen LogP contribution in [0, 0.1) is 12.7 Å². The molecule has 0 spiro atoms. The Labute approximate surface area is 170 Å². The summed E-state index contributed by atoms with van der Waals surface area (Å²) in [4.78, 5) is 13.2. The van der Waals surface area contributed by atoms with Gasteiger partial charge in [-0.1, -0.05) is 29.8 Å². The minimum Gasteiger partial charge on any atom is -0.448 e. The number of aryl methyl sites for hydroxylation is 1. The number of nitrogens with zero attached hydrogens (tertiary/aromatic N) is 2. The van der Waals surface area contributed by atoms with E-state index in [0.717, 1.165) is 16.7 Å². The van der Waals surface area contributed by atoms with E-state index in [-0.39, 0.29) is 17.6 Å². The second-order valence-electron chi connectivity index (χ2n) is 6.53. The van der Waals surface area contributed by atoms with Gasteiger partial charge in [-0.25, -0.2) is 9.18 Å². The average molecular weight is 408 g/mol. The Morgan fingerprint density at radius 1 is 1.03 bits per heavy atom. The van der Waals surface area contributed by atoms with Crippen molar-refractivity contribution in [2.45, 2.75) is 20.0 Å². The Kier molecular flexibility index (Phi) is 5.22. The third-order valence-electron chi connectivity index (χ3n) is 4.38. The van der Waals surface area contributed by atoms with Crippen LogP contribution in [-0.4, -0.2) is 16.2 Å². The number of carbonyl (C=O) groups is 1. The fourth-order valence-corrected chi connectivity index (χ4v) is 3.60. The van der Waals surface area contributed by atoms with Gasteiger partial charge >= 0.3 is 5.97 Å². The zero-order valence-corrected chi connectivity index (χ0v) is 16.6. The predicted octanol–water partition coefficient (Wildman–Crippen LogP) is 5.83. The first kappa shape index (κ1) is 19.0. The van der Waals surface area contributed by atoms with E-state index in [9.17, 15) is 9.18 Å². The lowest BCUT2D eigenvalue weighted by molar-refractivity contribution is 0.0286. The zero-order valence-electron chi connectivity index (χ0n) is 15.8. The Bertz CT molecular complexity index is 1130. The fourth-order valence-electron chi connectivity index (χ4n) is 2.80. The quantitative estimate of drug-likeness (QED) is 0.389. The molecule has 146 valence electrons. The molecule has 0 fully saturated rings. The van der Waals surface area contributed by atoms with Crippen LogP contribution in [0.3, 0.4) is 0 Å². The lowest BCUT2D eigenvalue weighted by Crippen LogP contribution is -2.09. The van der Waals surface area contributed by atoms with Crippen LogP contribution in [0.15, 0.2) is 64.4 Å². The van der Waals surface area contributed by atoms with Gasteiger partial charge in [-0.15, -0.1) is 21.5 Å². The van der Waals surface area contributed by atoms with Crippen molar-refractivity contribution in [3.05, 3.63) is 82.1 Å². The minimum atomic E-state index is -0.725. The molecule has 0 radical (unpaired) electrons. The number of thiophene rings is 1. The summed E-state index contributed by atoms with van der Waals surface area (Å²) in [5.41, 5.74) is 3.51. The average Bonchev–Trinajstić information content (AvgIpc) is 3.39. The van der Waals surface area contributed by atoms with E-state index in [1.807, 2.05) is 42.6 Å². The Morgan fingerprint density at radius 2 is 1.72 bits per heavy atom. The smallest absolute Gasteiger partial charge is 0.349 e. The second-order valence-corrected chi connectivity index (χ2v) is 7.45. The summed E-state index contributed by atoms with van der Waals surface area (Å²) in [5.74, 6) is -0.397. The number of benzene rings is 2. The van der Waals surface area contributed by atoms with Crippen LogP contribution in [0.25, 0.3) is 22.6 Å². The van der Waals surface area contributed by atoms with Crippen LogP contribution in [0.2, 0.25) is 0 Å². The molecule has 5 nitrogen and oxygen atoms in total. The lowest BCUT2D eigenvalue weighted by atomic mass is 10.1. The third-order valence-corrected chi connectivity index (χ3v) is 5.27. The maximum Gasteiger partial charge on any atom is 0.349 e. The summed E-state index contributed by atoms with van der Waals surface area (Å²) >= 11 is 1.32. The van der Waals surface area contributed by atoms with Crippen LogP contribution < -0.4 is 0 Å². The molecule has 0 bridgehead atoms. The van der Waals surface area contributed by atoms with Gasteiger partial charge in [0, 0.05) is 11.1 Å². The van der Waals surface area contributed by atoms with Crippen molar-refractivity contribution in [2.75, 3.05) is 0 Å². The highest BCUT2D eigenvalue weighted by Crippen LogP contribution is 2.31. The minimum absolute atomic E-state index is 0.172. The molecule has 0 saturated carbocycles. The number of aromatic nitrogens is 2. The summed E-state index contributed by atoms with van der Waals surface area (Å²) in [7, 11) is 0. The van der Waals surface area contributed by atoms with Crippen LogP contribution >= 0.6 is 11.3 Å².